The third-order valence-electron chi connectivity index (χ3n) is 5.90. The van der Waals surface area contributed by atoms with E-state index in [0.29, 0.717) is 53.7 Å². The van der Waals surface area contributed by atoms with Crippen molar-refractivity contribution in [3.8, 4) is 0 Å². The van der Waals surface area contributed by atoms with Gasteiger partial charge in [-0.25, -0.2) is 0 Å². The lowest BCUT2D eigenvalue weighted by Crippen LogP contribution is -2.43. The molecule has 1 fully saturated rings. The molecule has 4 rings (SSSR count). The summed E-state index contributed by atoms with van der Waals surface area (Å²) >= 11 is 0. The molecule has 1 saturated carbocycles. The monoisotopic (exact) mass is 378 g/mol. The van der Waals surface area contributed by atoms with Crippen molar-refractivity contribution in [2.24, 2.45) is 10.8 Å². The molecule has 2 aliphatic carbocycles. The zero-order valence-corrected chi connectivity index (χ0v) is 16.9. The zero-order chi connectivity index (χ0) is 20.3. The lowest BCUT2D eigenvalue weighted by atomic mass is 9.67. The number of fused-ring (bicyclic) bond motifs is 1. The van der Waals surface area contributed by atoms with Crippen LogP contribution in [0.3, 0.4) is 0 Å². The summed E-state index contributed by atoms with van der Waals surface area (Å²) in [5, 5.41) is 0. The molecule has 0 radical (unpaired) electrons. The summed E-state index contributed by atoms with van der Waals surface area (Å²) < 4.78 is 6.25. The van der Waals surface area contributed by atoms with E-state index in [-0.39, 0.29) is 28.2 Å². The highest BCUT2D eigenvalue weighted by Gasteiger charge is 2.48. The van der Waals surface area contributed by atoms with Gasteiger partial charge in [0.15, 0.2) is 17.3 Å². The van der Waals surface area contributed by atoms with E-state index in [9.17, 15) is 14.4 Å². The molecule has 0 spiro atoms. The Morgan fingerprint density at radius 3 is 2.25 bits per heavy atom. The molecule has 4 heteroatoms. The highest BCUT2D eigenvalue weighted by Crippen LogP contribution is 2.49. The molecule has 4 nitrogen and oxygen atoms in total. The molecule has 0 saturated heterocycles. The summed E-state index contributed by atoms with van der Waals surface area (Å²) in [6.45, 7) is 8.16. The van der Waals surface area contributed by atoms with Gasteiger partial charge in [0.2, 0.25) is 0 Å². The molecular weight excluding hydrogens is 352 g/mol. The minimum Gasteiger partial charge on any atom is -0.489 e. The number of carbonyl (C=O) groups excluding carboxylic acids is 3. The molecule has 28 heavy (non-hydrogen) atoms. The SMILES string of the molecule is CC1(C)CC(=O)C2=C(C1)OC1CC(C)(C)CC(=O)C1=C2C(=O)c1ccccc1. The van der Waals surface area contributed by atoms with Crippen LogP contribution in [0.1, 0.15) is 63.7 Å². The van der Waals surface area contributed by atoms with Gasteiger partial charge in [0.1, 0.15) is 11.9 Å². The Hall–Kier alpha value is -2.49. The molecule has 0 amide bonds. The van der Waals surface area contributed by atoms with E-state index in [1.807, 2.05) is 33.8 Å². The molecule has 0 aromatic heterocycles. The fraction of sp³-hybridized carbons (Fsp3) is 0.458. The first-order chi connectivity index (χ1) is 13.1. The van der Waals surface area contributed by atoms with Crippen molar-refractivity contribution in [1.29, 1.82) is 0 Å². The average Bonchev–Trinajstić information content (AvgIpc) is 2.57. The summed E-state index contributed by atoms with van der Waals surface area (Å²) in [5.41, 5.74) is 1.11. The van der Waals surface area contributed by atoms with Gasteiger partial charge >= 0.3 is 0 Å². The molecule has 1 aliphatic heterocycles. The number of benzene rings is 1. The third kappa shape index (κ3) is 3.15. The maximum Gasteiger partial charge on any atom is 0.194 e. The van der Waals surface area contributed by atoms with Crippen molar-refractivity contribution in [3.63, 3.8) is 0 Å². The minimum atomic E-state index is -0.459. The van der Waals surface area contributed by atoms with Crippen LogP contribution < -0.4 is 0 Å². The zero-order valence-electron chi connectivity index (χ0n) is 16.9. The highest BCUT2D eigenvalue weighted by atomic mass is 16.5. The van der Waals surface area contributed by atoms with E-state index < -0.39 is 6.10 Å². The van der Waals surface area contributed by atoms with Crippen molar-refractivity contribution < 1.29 is 19.1 Å². The highest BCUT2D eigenvalue weighted by molar-refractivity contribution is 6.23. The smallest absolute Gasteiger partial charge is 0.194 e. The van der Waals surface area contributed by atoms with Crippen LogP contribution in [0.15, 0.2) is 52.8 Å². The van der Waals surface area contributed by atoms with Gasteiger partial charge < -0.3 is 4.74 Å². The Morgan fingerprint density at radius 2 is 1.57 bits per heavy atom. The number of hydrogen-bond acceptors (Lipinski definition) is 4. The first-order valence-corrected chi connectivity index (χ1v) is 9.88. The standard InChI is InChI=1S/C24H26O4/c1-23(2)10-15(25)19-17(12-23)28-18-13-24(3,4)11-16(26)20(18)21(19)22(27)14-8-6-5-7-9-14/h5-9,17H,10-13H2,1-4H3. The van der Waals surface area contributed by atoms with Crippen LogP contribution in [-0.2, 0) is 14.3 Å². The second kappa shape index (κ2) is 6.26. The number of carbonyl (C=O) groups is 3. The molecule has 1 heterocycles. The van der Waals surface area contributed by atoms with E-state index in [4.69, 9.17) is 4.74 Å². The molecular formula is C24H26O4. The van der Waals surface area contributed by atoms with Crippen molar-refractivity contribution in [1.82, 2.24) is 0 Å². The second-order valence-electron chi connectivity index (χ2n) is 9.80. The average molecular weight is 378 g/mol. The molecule has 1 unspecified atom stereocenters. The summed E-state index contributed by atoms with van der Waals surface area (Å²) in [6, 6.07) is 8.89. The van der Waals surface area contributed by atoms with E-state index in [0.717, 1.165) is 0 Å². The lowest BCUT2D eigenvalue weighted by Gasteiger charge is -2.43. The number of ether oxygens (including phenoxy) is 1. The van der Waals surface area contributed by atoms with Crippen molar-refractivity contribution in [3.05, 3.63) is 58.4 Å². The maximum absolute atomic E-state index is 13.5. The fourth-order valence-electron chi connectivity index (χ4n) is 4.71. The molecule has 1 aromatic carbocycles. The Balaban J connectivity index is 1.93. The number of hydrogen-bond donors (Lipinski definition) is 0. The number of allylic oxidation sites excluding steroid dienone is 3. The number of ketones is 3. The first kappa shape index (κ1) is 18.9. The van der Waals surface area contributed by atoms with E-state index in [1.165, 1.54) is 0 Å². The van der Waals surface area contributed by atoms with Gasteiger partial charge in [0.05, 0.1) is 5.57 Å². The molecule has 1 aromatic rings. The van der Waals surface area contributed by atoms with Gasteiger partial charge in [0, 0.05) is 36.0 Å². The van der Waals surface area contributed by atoms with Crippen LogP contribution >= 0.6 is 0 Å². The fourth-order valence-corrected chi connectivity index (χ4v) is 4.71. The van der Waals surface area contributed by atoms with Crippen LogP contribution in [0.25, 0.3) is 0 Å². The van der Waals surface area contributed by atoms with Crippen LogP contribution in [-0.4, -0.2) is 23.5 Å². The normalized spacial score (nSPS) is 25.8. The van der Waals surface area contributed by atoms with Gasteiger partial charge in [-0.1, -0.05) is 58.0 Å². The first-order valence-electron chi connectivity index (χ1n) is 9.88. The molecule has 146 valence electrons. The van der Waals surface area contributed by atoms with Crippen molar-refractivity contribution in [2.45, 2.75) is 59.5 Å². The quantitative estimate of drug-likeness (QED) is 0.706. The number of rotatable bonds is 2. The number of Topliss-reactive ketones (excluding diaryl/α,β-unsaturated/α-hetero) is 3. The predicted molar refractivity (Wildman–Crippen MR) is 106 cm³/mol. The summed E-state index contributed by atoms with van der Waals surface area (Å²) in [4.78, 5) is 39.6. The van der Waals surface area contributed by atoms with Crippen molar-refractivity contribution in [2.75, 3.05) is 0 Å². The summed E-state index contributed by atoms with van der Waals surface area (Å²) in [6.07, 6.45) is 1.50. The third-order valence-corrected chi connectivity index (χ3v) is 5.90. The Kier molecular flexibility index (Phi) is 4.22. The predicted octanol–water partition coefficient (Wildman–Crippen LogP) is 4.60. The van der Waals surface area contributed by atoms with Crippen LogP contribution in [0.2, 0.25) is 0 Å². The summed E-state index contributed by atoms with van der Waals surface area (Å²) in [7, 11) is 0. The molecule has 3 aliphatic rings. The molecule has 0 N–H and O–H groups in total. The van der Waals surface area contributed by atoms with Gasteiger partial charge in [-0.2, -0.15) is 0 Å². The maximum atomic E-state index is 13.5. The van der Waals surface area contributed by atoms with Gasteiger partial charge in [-0.3, -0.25) is 14.4 Å². The van der Waals surface area contributed by atoms with Crippen LogP contribution in [0, 0.1) is 10.8 Å². The van der Waals surface area contributed by atoms with Crippen molar-refractivity contribution >= 4 is 17.3 Å². The van der Waals surface area contributed by atoms with Gasteiger partial charge in [-0.05, 0) is 17.3 Å². The van der Waals surface area contributed by atoms with E-state index in [2.05, 4.69) is 0 Å². The summed E-state index contributed by atoms with van der Waals surface area (Å²) in [5.74, 6) is 0.149. The van der Waals surface area contributed by atoms with E-state index >= 15 is 0 Å². The van der Waals surface area contributed by atoms with Crippen LogP contribution in [0.4, 0.5) is 0 Å². The van der Waals surface area contributed by atoms with Gasteiger partial charge in [0.25, 0.3) is 0 Å². The largest absolute Gasteiger partial charge is 0.489 e. The topological polar surface area (TPSA) is 60.4 Å². The lowest BCUT2D eigenvalue weighted by molar-refractivity contribution is -0.122. The Labute approximate surface area is 165 Å². The van der Waals surface area contributed by atoms with Gasteiger partial charge in [-0.15, -0.1) is 0 Å². The Bertz CT molecular complexity index is 944. The Morgan fingerprint density at radius 1 is 0.929 bits per heavy atom. The van der Waals surface area contributed by atoms with Crippen LogP contribution in [0.5, 0.6) is 0 Å². The molecule has 0 bridgehead atoms. The van der Waals surface area contributed by atoms with E-state index in [1.54, 1.807) is 24.3 Å². The second-order valence-corrected chi connectivity index (χ2v) is 9.80. The minimum absolute atomic E-state index is 0.0790. The molecule has 1 atom stereocenters.